The molecule has 2 fully saturated rings. The van der Waals surface area contributed by atoms with Crippen molar-refractivity contribution in [3.05, 3.63) is 30.9 Å². The quantitative estimate of drug-likeness (QED) is 0.842. The predicted octanol–water partition coefficient (Wildman–Crippen LogP) is 2.21. The van der Waals surface area contributed by atoms with Crippen molar-refractivity contribution >= 4 is 17.6 Å². The fourth-order valence-corrected chi connectivity index (χ4v) is 3.98. The summed E-state index contributed by atoms with van der Waals surface area (Å²) in [6.45, 7) is 8.77. The Labute approximate surface area is 166 Å². The van der Waals surface area contributed by atoms with Crippen LogP contribution < -0.4 is 15.1 Å². The normalized spacial score (nSPS) is 23.1. The highest BCUT2D eigenvalue weighted by molar-refractivity contribution is 5.45. The van der Waals surface area contributed by atoms with Gasteiger partial charge in [-0.25, -0.2) is 9.97 Å². The molecule has 28 heavy (non-hydrogen) atoms. The van der Waals surface area contributed by atoms with Gasteiger partial charge in [0, 0.05) is 51.4 Å². The summed E-state index contributed by atoms with van der Waals surface area (Å²) in [5.74, 6) is 3.06. The first-order chi connectivity index (χ1) is 13.7. The predicted molar refractivity (Wildman–Crippen MR) is 110 cm³/mol. The number of aromatic nitrogens is 4. The SMILES string of the molecule is CC(C)[C@@H]1OCCC[C@@H]1Nc1ccnc(N2CCN(c3cnccn3)CC2)n1. The van der Waals surface area contributed by atoms with Crippen molar-refractivity contribution in [1.29, 1.82) is 0 Å². The van der Waals surface area contributed by atoms with Gasteiger partial charge in [0.05, 0.1) is 18.3 Å². The summed E-state index contributed by atoms with van der Waals surface area (Å²) in [5.41, 5.74) is 0. The van der Waals surface area contributed by atoms with Crippen molar-refractivity contribution in [3.8, 4) is 0 Å². The smallest absolute Gasteiger partial charge is 0.227 e. The molecule has 0 aromatic carbocycles. The van der Waals surface area contributed by atoms with Crippen LogP contribution in [0, 0.1) is 5.92 Å². The average Bonchev–Trinajstić information content (AvgIpc) is 2.75. The maximum Gasteiger partial charge on any atom is 0.227 e. The molecule has 4 heterocycles. The summed E-state index contributed by atoms with van der Waals surface area (Å²) < 4.78 is 5.99. The number of rotatable bonds is 5. The van der Waals surface area contributed by atoms with E-state index >= 15 is 0 Å². The summed E-state index contributed by atoms with van der Waals surface area (Å²) in [7, 11) is 0. The number of nitrogens with zero attached hydrogens (tertiary/aromatic N) is 6. The number of hydrogen-bond donors (Lipinski definition) is 1. The minimum absolute atomic E-state index is 0.225. The van der Waals surface area contributed by atoms with Crippen molar-refractivity contribution in [1.82, 2.24) is 19.9 Å². The Morgan fingerprint density at radius 2 is 1.89 bits per heavy atom. The highest BCUT2D eigenvalue weighted by Gasteiger charge is 2.29. The second-order valence-electron chi connectivity index (χ2n) is 7.75. The van der Waals surface area contributed by atoms with E-state index in [-0.39, 0.29) is 6.10 Å². The highest BCUT2D eigenvalue weighted by Crippen LogP contribution is 2.24. The van der Waals surface area contributed by atoms with Crippen LogP contribution in [0.5, 0.6) is 0 Å². The van der Waals surface area contributed by atoms with E-state index in [1.807, 2.05) is 18.5 Å². The summed E-state index contributed by atoms with van der Waals surface area (Å²) in [4.78, 5) is 22.3. The van der Waals surface area contributed by atoms with Gasteiger partial charge in [0.25, 0.3) is 0 Å². The first-order valence-electron chi connectivity index (χ1n) is 10.2. The Kier molecular flexibility index (Phi) is 5.85. The molecule has 2 atom stereocenters. The van der Waals surface area contributed by atoms with Gasteiger partial charge in [0.15, 0.2) is 0 Å². The van der Waals surface area contributed by atoms with Crippen LogP contribution in [0.4, 0.5) is 17.6 Å². The average molecular weight is 384 g/mol. The molecule has 0 saturated carbocycles. The monoisotopic (exact) mass is 383 g/mol. The van der Waals surface area contributed by atoms with E-state index in [2.05, 4.69) is 43.9 Å². The zero-order valence-electron chi connectivity index (χ0n) is 16.7. The molecule has 2 aromatic rings. The number of anilines is 3. The molecule has 0 spiro atoms. The van der Waals surface area contributed by atoms with Crippen LogP contribution in [0.2, 0.25) is 0 Å². The molecule has 0 radical (unpaired) electrons. The molecule has 2 saturated heterocycles. The Bertz CT molecular complexity index is 749. The third-order valence-electron chi connectivity index (χ3n) is 5.44. The van der Waals surface area contributed by atoms with Gasteiger partial charge in [-0.1, -0.05) is 13.8 Å². The molecule has 0 aliphatic carbocycles. The lowest BCUT2D eigenvalue weighted by Gasteiger charge is -2.36. The van der Waals surface area contributed by atoms with Crippen molar-refractivity contribution in [2.45, 2.75) is 38.8 Å². The summed E-state index contributed by atoms with van der Waals surface area (Å²) >= 11 is 0. The molecule has 8 nitrogen and oxygen atoms in total. The first kappa shape index (κ1) is 18.9. The van der Waals surface area contributed by atoms with E-state index in [9.17, 15) is 0 Å². The molecule has 4 rings (SSSR count). The van der Waals surface area contributed by atoms with Crippen LogP contribution in [-0.2, 0) is 4.74 Å². The van der Waals surface area contributed by atoms with Gasteiger partial charge in [-0.05, 0) is 24.8 Å². The van der Waals surface area contributed by atoms with Crippen molar-refractivity contribution in [3.63, 3.8) is 0 Å². The lowest BCUT2D eigenvalue weighted by Crippen LogP contribution is -2.47. The second kappa shape index (κ2) is 8.68. The van der Waals surface area contributed by atoms with Gasteiger partial charge in [0.1, 0.15) is 11.6 Å². The zero-order chi connectivity index (χ0) is 19.3. The fraction of sp³-hybridized carbons (Fsp3) is 0.600. The van der Waals surface area contributed by atoms with Gasteiger partial charge in [-0.15, -0.1) is 0 Å². The minimum atomic E-state index is 0.225. The summed E-state index contributed by atoms with van der Waals surface area (Å²) in [6, 6.07) is 2.25. The van der Waals surface area contributed by atoms with Gasteiger partial charge < -0.3 is 19.9 Å². The molecule has 0 amide bonds. The highest BCUT2D eigenvalue weighted by atomic mass is 16.5. The largest absolute Gasteiger partial charge is 0.376 e. The standard InChI is InChI=1S/C20H29N7O/c1-15(2)19-16(4-3-13-28-19)24-17-5-6-23-20(25-17)27-11-9-26(10-12-27)18-14-21-7-8-22-18/h5-8,14-16,19H,3-4,9-13H2,1-2H3,(H,23,24,25)/t16-,19-/m0/s1. The molecule has 150 valence electrons. The summed E-state index contributed by atoms with van der Waals surface area (Å²) in [5, 5.41) is 3.59. The van der Waals surface area contributed by atoms with Gasteiger partial charge in [0.2, 0.25) is 5.95 Å². The molecule has 2 aliphatic rings. The van der Waals surface area contributed by atoms with Gasteiger partial charge in [-0.3, -0.25) is 4.98 Å². The lowest BCUT2D eigenvalue weighted by atomic mass is 9.94. The molecule has 0 unspecified atom stereocenters. The molecule has 8 heteroatoms. The van der Waals surface area contributed by atoms with Gasteiger partial charge in [-0.2, -0.15) is 4.98 Å². The minimum Gasteiger partial charge on any atom is -0.376 e. The van der Waals surface area contributed by atoms with Crippen LogP contribution in [0.1, 0.15) is 26.7 Å². The maximum atomic E-state index is 5.99. The summed E-state index contributed by atoms with van der Waals surface area (Å²) in [6.07, 6.45) is 9.51. The van der Waals surface area contributed by atoms with E-state index < -0.39 is 0 Å². The second-order valence-corrected chi connectivity index (χ2v) is 7.75. The topological polar surface area (TPSA) is 79.3 Å². The first-order valence-corrected chi connectivity index (χ1v) is 10.2. The lowest BCUT2D eigenvalue weighted by molar-refractivity contribution is -0.0203. The Hall–Kier alpha value is -2.48. The number of nitrogens with one attached hydrogen (secondary N) is 1. The Morgan fingerprint density at radius 3 is 2.64 bits per heavy atom. The van der Waals surface area contributed by atoms with E-state index in [0.717, 1.165) is 63.2 Å². The maximum absolute atomic E-state index is 5.99. The number of piperazine rings is 1. The van der Waals surface area contributed by atoms with Crippen molar-refractivity contribution in [2.24, 2.45) is 5.92 Å². The van der Waals surface area contributed by atoms with Crippen LogP contribution in [0.25, 0.3) is 0 Å². The number of ether oxygens (including phenoxy) is 1. The van der Waals surface area contributed by atoms with E-state index in [0.29, 0.717) is 12.0 Å². The van der Waals surface area contributed by atoms with Crippen molar-refractivity contribution < 1.29 is 4.74 Å². The molecular formula is C20H29N7O. The molecule has 0 bridgehead atoms. The van der Waals surface area contributed by atoms with Crippen LogP contribution >= 0.6 is 0 Å². The third kappa shape index (κ3) is 4.32. The van der Waals surface area contributed by atoms with Crippen LogP contribution in [-0.4, -0.2) is 64.9 Å². The molecule has 2 aliphatic heterocycles. The molecular weight excluding hydrogens is 354 g/mol. The van der Waals surface area contributed by atoms with E-state index in [1.54, 1.807) is 12.4 Å². The van der Waals surface area contributed by atoms with Crippen LogP contribution in [0.15, 0.2) is 30.9 Å². The van der Waals surface area contributed by atoms with Gasteiger partial charge >= 0.3 is 0 Å². The fourth-order valence-electron chi connectivity index (χ4n) is 3.98. The van der Waals surface area contributed by atoms with E-state index in [1.165, 1.54) is 0 Å². The third-order valence-corrected chi connectivity index (χ3v) is 5.44. The van der Waals surface area contributed by atoms with Crippen LogP contribution in [0.3, 0.4) is 0 Å². The molecule has 1 N–H and O–H groups in total. The van der Waals surface area contributed by atoms with E-state index in [4.69, 9.17) is 9.72 Å². The zero-order valence-corrected chi connectivity index (χ0v) is 16.7. The Balaban J connectivity index is 1.39. The Morgan fingerprint density at radius 1 is 1.07 bits per heavy atom. The van der Waals surface area contributed by atoms with Crippen molar-refractivity contribution in [2.75, 3.05) is 47.9 Å². The number of hydrogen-bond acceptors (Lipinski definition) is 8. The molecule has 2 aromatic heterocycles.